The van der Waals surface area contributed by atoms with Crippen LogP contribution in [0.3, 0.4) is 0 Å². The number of halogens is 1. The molecule has 0 radical (unpaired) electrons. The van der Waals surface area contributed by atoms with Crippen LogP contribution in [0.15, 0.2) is 42.7 Å². The van der Waals surface area contributed by atoms with E-state index in [0.29, 0.717) is 30.8 Å². The van der Waals surface area contributed by atoms with Crippen LogP contribution < -0.4 is 15.4 Å². The lowest BCUT2D eigenvalue weighted by atomic mass is 9.86. The van der Waals surface area contributed by atoms with E-state index in [2.05, 4.69) is 15.7 Å². The van der Waals surface area contributed by atoms with Gasteiger partial charge in [-0.1, -0.05) is 6.07 Å². The van der Waals surface area contributed by atoms with Crippen molar-refractivity contribution in [2.75, 3.05) is 38.6 Å². The number of nitrogens with zero attached hydrogens (tertiary/aromatic N) is 3. The zero-order valence-corrected chi connectivity index (χ0v) is 17.6. The van der Waals surface area contributed by atoms with Crippen molar-refractivity contribution in [3.05, 3.63) is 42.7 Å². The molecular weight excluding hydrogens is 394 g/mol. The maximum Gasteiger partial charge on any atom is 0.251 e. The van der Waals surface area contributed by atoms with Crippen molar-refractivity contribution in [1.82, 2.24) is 20.0 Å². The Bertz CT molecular complexity index is 806. The number of nitrogens with one attached hydrogen (secondary N) is 2. The molecule has 1 fully saturated rings. The number of methoxy groups -OCH3 is 1. The van der Waals surface area contributed by atoms with Crippen molar-refractivity contribution in [2.45, 2.75) is 25.3 Å². The molecule has 1 aliphatic heterocycles. The first-order valence-electron chi connectivity index (χ1n) is 9.53. The van der Waals surface area contributed by atoms with Crippen molar-refractivity contribution in [1.29, 1.82) is 0 Å². The normalized spacial score (nSPS) is 15.1. The van der Waals surface area contributed by atoms with Crippen LogP contribution in [0.25, 0.3) is 0 Å². The number of benzene rings is 1. The molecule has 2 amide bonds. The largest absolute Gasteiger partial charge is 0.497 e. The number of ether oxygens (including phenoxy) is 1. The molecule has 8 nitrogen and oxygen atoms in total. The average Bonchev–Trinajstić information content (AvgIpc) is 3.27. The van der Waals surface area contributed by atoms with Crippen molar-refractivity contribution in [3.63, 3.8) is 0 Å². The Labute approximate surface area is 177 Å². The van der Waals surface area contributed by atoms with E-state index >= 15 is 0 Å². The minimum absolute atomic E-state index is 0. The van der Waals surface area contributed by atoms with E-state index in [1.807, 2.05) is 25.3 Å². The van der Waals surface area contributed by atoms with Gasteiger partial charge in [0.15, 0.2) is 0 Å². The van der Waals surface area contributed by atoms with Crippen molar-refractivity contribution < 1.29 is 14.3 Å². The SMILES string of the molecule is CCN(CC(=O)Nc1cccc(OC)c1)C(=O)C1(n2cccn2)CCNCC1.Cl. The quantitative estimate of drug-likeness (QED) is 0.712. The Morgan fingerprint density at radius 1 is 1.31 bits per heavy atom. The molecule has 0 saturated carbocycles. The Morgan fingerprint density at radius 3 is 2.69 bits per heavy atom. The topological polar surface area (TPSA) is 88.5 Å². The van der Waals surface area contributed by atoms with E-state index in [4.69, 9.17) is 4.74 Å². The molecule has 0 aliphatic carbocycles. The first-order chi connectivity index (χ1) is 13.6. The Hall–Kier alpha value is -2.58. The molecular formula is C20H28ClN5O3. The first kappa shape index (κ1) is 22.7. The average molecular weight is 422 g/mol. The summed E-state index contributed by atoms with van der Waals surface area (Å²) in [6.07, 6.45) is 4.79. The maximum atomic E-state index is 13.5. The number of hydrogen-bond acceptors (Lipinski definition) is 5. The third kappa shape index (κ3) is 5.07. The van der Waals surface area contributed by atoms with Gasteiger partial charge in [0.1, 0.15) is 11.3 Å². The molecule has 1 aliphatic rings. The van der Waals surface area contributed by atoms with Crippen LogP contribution in [0.1, 0.15) is 19.8 Å². The number of carbonyl (C=O) groups excluding carboxylic acids is 2. The van der Waals surface area contributed by atoms with E-state index in [9.17, 15) is 9.59 Å². The number of hydrogen-bond donors (Lipinski definition) is 2. The number of carbonyl (C=O) groups is 2. The molecule has 158 valence electrons. The highest BCUT2D eigenvalue weighted by atomic mass is 35.5. The van der Waals surface area contributed by atoms with Gasteiger partial charge in [-0.15, -0.1) is 12.4 Å². The van der Waals surface area contributed by atoms with Gasteiger partial charge < -0.3 is 20.3 Å². The molecule has 1 aromatic carbocycles. The van der Waals surface area contributed by atoms with E-state index < -0.39 is 5.54 Å². The highest BCUT2D eigenvalue weighted by Crippen LogP contribution is 2.29. The van der Waals surface area contributed by atoms with E-state index in [1.165, 1.54) is 0 Å². The zero-order chi connectivity index (χ0) is 20.0. The Kier molecular flexibility index (Phi) is 8.04. The fraction of sp³-hybridized carbons (Fsp3) is 0.450. The third-order valence-electron chi connectivity index (χ3n) is 5.13. The van der Waals surface area contributed by atoms with Crippen LogP contribution >= 0.6 is 12.4 Å². The molecule has 0 spiro atoms. The second-order valence-corrected chi connectivity index (χ2v) is 6.83. The van der Waals surface area contributed by atoms with Crippen molar-refractivity contribution >= 4 is 29.9 Å². The van der Waals surface area contributed by atoms with Gasteiger partial charge in [-0.25, -0.2) is 0 Å². The van der Waals surface area contributed by atoms with Gasteiger partial charge in [-0.2, -0.15) is 5.10 Å². The number of rotatable bonds is 7. The van der Waals surface area contributed by atoms with Crippen LogP contribution in [0, 0.1) is 0 Å². The van der Waals surface area contributed by atoms with E-state index in [1.54, 1.807) is 41.1 Å². The number of anilines is 1. The summed E-state index contributed by atoms with van der Waals surface area (Å²) in [5, 5.41) is 10.5. The predicted molar refractivity (Wildman–Crippen MR) is 113 cm³/mol. The van der Waals surface area contributed by atoms with Crippen LogP contribution in [-0.2, 0) is 15.1 Å². The van der Waals surface area contributed by atoms with Crippen LogP contribution in [0.4, 0.5) is 5.69 Å². The van der Waals surface area contributed by atoms with E-state index in [-0.39, 0.29) is 30.8 Å². The zero-order valence-electron chi connectivity index (χ0n) is 16.8. The molecule has 29 heavy (non-hydrogen) atoms. The fourth-order valence-electron chi connectivity index (χ4n) is 3.60. The van der Waals surface area contributed by atoms with Crippen LogP contribution in [-0.4, -0.2) is 59.8 Å². The summed E-state index contributed by atoms with van der Waals surface area (Å²) >= 11 is 0. The lowest BCUT2D eigenvalue weighted by Gasteiger charge is -2.39. The van der Waals surface area contributed by atoms with Crippen LogP contribution in [0.5, 0.6) is 5.75 Å². The lowest BCUT2D eigenvalue weighted by Crippen LogP contribution is -2.56. The van der Waals surface area contributed by atoms with Crippen LogP contribution in [0.2, 0.25) is 0 Å². The van der Waals surface area contributed by atoms with Gasteiger partial charge in [0.05, 0.1) is 13.7 Å². The number of aromatic nitrogens is 2. The molecule has 2 heterocycles. The molecule has 2 N–H and O–H groups in total. The lowest BCUT2D eigenvalue weighted by molar-refractivity contribution is -0.145. The second-order valence-electron chi connectivity index (χ2n) is 6.83. The molecule has 9 heteroatoms. The second kappa shape index (κ2) is 10.3. The fourth-order valence-corrected chi connectivity index (χ4v) is 3.60. The number of likely N-dealkylation sites (N-methyl/N-ethyl adjacent to an activating group) is 1. The maximum absolute atomic E-state index is 13.5. The predicted octanol–water partition coefficient (Wildman–Crippen LogP) is 1.88. The van der Waals surface area contributed by atoms with Gasteiger partial charge in [0, 0.05) is 30.7 Å². The summed E-state index contributed by atoms with van der Waals surface area (Å²) in [4.78, 5) is 27.7. The minimum atomic E-state index is -0.749. The minimum Gasteiger partial charge on any atom is -0.497 e. The summed E-state index contributed by atoms with van der Waals surface area (Å²) in [7, 11) is 1.58. The van der Waals surface area contributed by atoms with Crippen molar-refractivity contribution in [3.8, 4) is 5.75 Å². The van der Waals surface area contributed by atoms with E-state index in [0.717, 1.165) is 13.1 Å². The molecule has 1 saturated heterocycles. The van der Waals surface area contributed by atoms with Gasteiger partial charge in [0.25, 0.3) is 5.91 Å². The summed E-state index contributed by atoms with van der Waals surface area (Å²) in [5.74, 6) is 0.350. The molecule has 3 rings (SSSR count). The Morgan fingerprint density at radius 2 is 2.07 bits per heavy atom. The number of piperidine rings is 1. The van der Waals surface area contributed by atoms with Gasteiger partial charge in [0.2, 0.25) is 5.91 Å². The smallest absolute Gasteiger partial charge is 0.251 e. The Balaban J connectivity index is 0.00000300. The summed E-state index contributed by atoms with van der Waals surface area (Å²) < 4.78 is 6.93. The van der Waals surface area contributed by atoms with Crippen molar-refractivity contribution in [2.24, 2.45) is 0 Å². The third-order valence-corrected chi connectivity index (χ3v) is 5.13. The molecule has 0 atom stereocenters. The first-order valence-corrected chi connectivity index (χ1v) is 9.53. The number of amides is 2. The molecule has 0 unspecified atom stereocenters. The molecule has 0 bridgehead atoms. The highest BCUT2D eigenvalue weighted by Gasteiger charge is 2.44. The highest BCUT2D eigenvalue weighted by molar-refractivity contribution is 5.96. The standard InChI is InChI=1S/C20H27N5O3.ClH/c1-3-24(15-18(26)23-16-6-4-7-17(14-16)28-2)19(27)20(8-11-21-12-9-20)25-13-5-10-22-25;/h4-7,10,13-14,21H,3,8-9,11-12,15H2,1-2H3,(H,23,26);1H. The van der Waals surface area contributed by atoms with Gasteiger partial charge in [-0.05, 0) is 51.1 Å². The summed E-state index contributed by atoms with van der Waals surface area (Å²) in [5.41, 5.74) is -0.113. The monoisotopic (exact) mass is 421 g/mol. The van der Waals surface area contributed by atoms with Gasteiger partial charge >= 0.3 is 0 Å². The summed E-state index contributed by atoms with van der Waals surface area (Å²) in [6, 6.07) is 8.97. The summed E-state index contributed by atoms with van der Waals surface area (Å²) in [6.45, 7) is 3.79. The molecule has 2 aromatic rings. The van der Waals surface area contributed by atoms with Gasteiger partial charge in [-0.3, -0.25) is 14.3 Å². The molecule has 1 aromatic heterocycles.